The topological polar surface area (TPSA) is 3.24 Å². The van der Waals surface area contributed by atoms with E-state index in [-0.39, 0.29) is 0 Å². The van der Waals surface area contributed by atoms with E-state index in [2.05, 4.69) is 254 Å². The van der Waals surface area contributed by atoms with Crippen molar-refractivity contribution in [1.29, 1.82) is 0 Å². The highest BCUT2D eigenvalue weighted by molar-refractivity contribution is 6.06. The molecule has 10 aromatic carbocycles. The molecule has 1 nitrogen and oxygen atoms in total. The number of fused-ring (bicyclic) bond motifs is 1. The van der Waals surface area contributed by atoms with Crippen LogP contribution < -0.4 is 4.90 Å². The van der Waals surface area contributed by atoms with Gasteiger partial charge in [-0.15, -0.1) is 0 Å². The van der Waals surface area contributed by atoms with Gasteiger partial charge >= 0.3 is 0 Å². The molecule has 0 spiro atoms. The van der Waals surface area contributed by atoms with Gasteiger partial charge in [0, 0.05) is 17.1 Å². The average Bonchev–Trinajstić information content (AvgIpc) is 3.33. The highest BCUT2D eigenvalue weighted by Gasteiger charge is 2.16. The molecule has 0 saturated carbocycles. The zero-order valence-corrected chi connectivity index (χ0v) is 32.6. The molecule has 0 N–H and O–H groups in total. The lowest BCUT2D eigenvalue weighted by Gasteiger charge is -2.26. The SMILES string of the molecule is c1ccc(-c2ccc(N(c3ccc(-c4cccc5cccc(-c6ccccc6)c45)cc3)c3cccc(-c4ccc(-c5ccccc5-c5ccccc5)cc4)c3)cc2)cc1. The van der Waals surface area contributed by atoms with Crippen molar-refractivity contribution in [3.63, 3.8) is 0 Å². The Morgan fingerprint density at radius 1 is 0.203 bits per heavy atom. The van der Waals surface area contributed by atoms with Crippen LogP contribution in [0.15, 0.2) is 249 Å². The standard InChI is InChI=1S/C58H41N/c1-4-15-42(16-5-1)43-33-37-51(38-34-43)59(52-39-35-48(36-40-52)57-28-14-22-49-21-13-27-56(58(49)57)46-19-8-3-9-20-46)53-24-12-23-50(41-53)44-29-31-47(32-30-44)55-26-11-10-25-54(55)45-17-6-2-7-18-45/h1-41H. The number of rotatable bonds is 9. The van der Waals surface area contributed by atoms with Crippen molar-refractivity contribution in [2.45, 2.75) is 0 Å². The van der Waals surface area contributed by atoms with E-state index in [0.717, 1.165) is 22.6 Å². The molecule has 0 bridgehead atoms. The molecule has 10 rings (SSSR count). The van der Waals surface area contributed by atoms with Gasteiger partial charge in [-0.3, -0.25) is 0 Å². The van der Waals surface area contributed by atoms with Crippen LogP contribution in [0, 0.1) is 0 Å². The largest absolute Gasteiger partial charge is 0.310 e. The van der Waals surface area contributed by atoms with Crippen LogP contribution >= 0.6 is 0 Å². The van der Waals surface area contributed by atoms with E-state index < -0.39 is 0 Å². The fraction of sp³-hybridized carbons (Fsp3) is 0. The first-order valence-corrected chi connectivity index (χ1v) is 20.3. The molecule has 0 radical (unpaired) electrons. The summed E-state index contributed by atoms with van der Waals surface area (Å²) in [6, 6.07) is 89.7. The lowest BCUT2D eigenvalue weighted by molar-refractivity contribution is 1.28. The Balaban J connectivity index is 1.03. The minimum Gasteiger partial charge on any atom is -0.310 e. The Morgan fingerprint density at radius 3 is 1.10 bits per heavy atom. The molecular weight excluding hydrogens is 711 g/mol. The zero-order valence-electron chi connectivity index (χ0n) is 32.6. The second kappa shape index (κ2) is 16.0. The molecule has 0 amide bonds. The smallest absolute Gasteiger partial charge is 0.0467 e. The fourth-order valence-corrected chi connectivity index (χ4v) is 8.38. The van der Waals surface area contributed by atoms with E-state index in [4.69, 9.17) is 0 Å². The molecule has 0 saturated heterocycles. The van der Waals surface area contributed by atoms with Crippen molar-refractivity contribution in [1.82, 2.24) is 0 Å². The highest BCUT2D eigenvalue weighted by atomic mass is 15.1. The maximum Gasteiger partial charge on any atom is 0.0467 e. The molecule has 0 atom stereocenters. The number of hydrogen-bond donors (Lipinski definition) is 0. The highest BCUT2D eigenvalue weighted by Crippen LogP contribution is 2.41. The molecule has 0 fully saturated rings. The summed E-state index contributed by atoms with van der Waals surface area (Å²) >= 11 is 0. The van der Waals surface area contributed by atoms with Crippen LogP contribution in [0.4, 0.5) is 17.1 Å². The van der Waals surface area contributed by atoms with Crippen LogP contribution in [0.2, 0.25) is 0 Å². The third-order valence-corrected chi connectivity index (χ3v) is 11.3. The summed E-state index contributed by atoms with van der Waals surface area (Å²) in [7, 11) is 0. The third kappa shape index (κ3) is 7.23. The van der Waals surface area contributed by atoms with E-state index in [1.807, 2.05) is 0 Å². The summed E-state index contributed by atoms with van der Waals surface area (Å²) in [5.41, 5.74) is 17.8. The van der Waals surface area contributed by atoms with Crippen LogP contribution in [0.1, 0.15) is 0 Å². The number of hydrogen-bond acceptors (Lipinski definition) is 1. The Morgan fingerprint density at radius 2 is 0.542 bits per heavy atom. The Labute approximate surface area is 346 Å². The van der Waals surface area contributed by atoms with Crippen molar-refractivity contribution in [2.24, 2.45) is 0 Å². The average molecular weight is 752 g/mol. The molecular formula is C58H41N. The predicted octanol–water partition coefficient (Wildman–Crippen LogP) is 16.3. The number of benzene rings is 10. The van der Waals surface area contributed by atoms with Crippen LogP contribution in [-0.4, -0.2) is 0 Å². The second-order valence-electron chi connectivity index (χ2n) is 14.9. The van der Waals surface area contributed by atoms with Crippen molar-refractivity contribution >= 4 is 27.8 Å². The Kier molecular flexibility index (Phi) is 9.68. The monoisotopic (exact) mass is 751 g/mol. The van der Waals surface area contributed by atoms with Gasteiger partial charge in [0.15, 0.2) is 0 Å². The summed E-state index contributed by atoms with van der Waals surface area (Å²) < 4.78 is 0. The Bertz CT molecular complexity index is 2980. The molecule has 0 aromatic heterocycles. The van der Waals surface area contributed by atoms with Gasteiger partial charge in [0.05, 0.1) is 0 Å². The lowest BCUT2D eigenvalue weighted by atomic mass is 9.91. The van der Waals surface area contributed by atoms with Crippen molar-refractivity contribution in [3.8, 4) is 66.8 Å². The van der Waals surface area contributed by atoms with Gasteiger partial charge < -0.3 is 4.90 Å². The Hall–Kier alpha value is -7.74. The minimum absolute atomic E-state index is 1.09. The van der Waals surface area contributed by atoms with E-state index in [0.29, 0.717) is 0 Å². The molecule has 1 heteroatoms. The number of nitrogens with zero attached hydrogens (tertiary/aromatic N) is 1. The van der Waals surface area contributed by atoms with Gasteiger partial charge in [-0.1, -0.05) is 212 Å². The molecule has 0 aliphatic rings. The van der Waals surface area contributed by atoms with Crippen LogP contribution in [0.5, 0.6) is 0 Å². The first-order chi connectivity index (χ1) is 29.3. The van der Waals surface area contributed by atoms with Gasteiger partial charge in [-0.2, -0.15) is 0 Å². The second-order valence-corrected chi connectivity index (χ2v) is 14.9. The van der Waals surface area contributed by atoms with Gasteiger partial charge in [0.25, 0.3) is 0 Å². The molecule has 0 unspecified atom stereocenters. The summed E-state index contributed by atoms with van der Waals surface area (Å²) in [4.78, 5) is 2.37. The van der Waals surface area contributed by atoms with E-state index in [1.54, 1.807) is 0 Å². The van der Waals surface area contributed by atoms with E-state index in [1.165, 1.54) is 72.0 Å². The first-order valence-electron chi connectivity index (χ1n) is 20.3. The first kappa shape index (κ1) is 35.7. The third-order valence-electron chi connectivity index (χ3n) is 11.3. The lowest BCUT2D eigenvalue weighted by Crippen LogP contribution is -2.10. The van der Waals surface area contributed by atoms with Crippen LogP contribution in [0.25, 0.3) is 77.5 Å². The van der Waals surface area contributed by atoms with Crippen molar-refractivity contribution in [3.05, 3.63) is 249 Å². The van der Waals surface area contributed by atoms with Gasteiger partial charge in [0.1, 0.15) is 0 Å². The molecule has 0 heterocycles. The summed E-state index contributed by atoms with van der Waals surface area (Å²) in [6.45, 7) is 0. The fourth-order valence-electron chi connectivity index (χ4n) is 8.38. The van der Waals surface area contributed by atoms with Crippen molar-refractivity contribution in [2.75, 3.05) is 4.90 Å². The van der Waals surface area contributed by atoms with Gasteiger partial charge in [-0.05, 0) is 114 Å². The molecule has 278 valence electrons. The van der Waals surface area contributed by atoms with Crippen LogP contribution in [-0.2, 0) is 0 Å². The summed E-state index contributed by atoms with van der Waals surface area (Å²) in [6.07, 6.45) is 0. The molecule has 10 aromatic rings. The summed E-state index contributed by atoms with van der Waals surface area (Å²) in [5, 5.41) is 2.50. The normalized spacial score (nSPS) is 11.1. The maximum absolute atomic E-state index is 2.37. The maximum atomic E-state index is 2.37. The van der Waals surface area contributed by atoms with Gasteiger partial charge in [0.2, 0.25) is 0 Å². The molecule has 59 heavy (non-hydrogen) atoms. The molecule has 0 aliphatic heterocycles. The quantitative estimate of drug-likeness (QED) is 0.142. The summed E-state index contributed by atoms with van der Waals surface area (Å²) in [5.74, 6) is 0. The predicted molar refractivity (Wildman–Crippen MR) is 251 cm³/mol. The van der Waals surface area contributed by atoms with E-state index >= 15 is 0 Å². The number of anilines is 3. The van der Waals surface area contributed by atoms with E-state index in [9.17, 15) is 0 Å². The zero-order chi connectivity index (χ0) is 39.4. The molecule has 0 aliphatic carbocycles. The van der Waals surface area contributed by atoms with Crippen molar-refractivity contribution < 1.29 is 0 Å². The van der Waals surface area contributed by atoms with Gasteiger partial charge in [-0.25, -0.2) is 0 Å². The minimum atomic E-state index is 1.09. The van der Waals surface area contributed by atoms with Crippen LogP contribution in [0.3, 0.4) is 0 Å².